The number of esters is 2. The second-order valence-corrected chi connectivity index (χ2v) is 23.2. The maximum absolute atomic E-state index is 15.2. The van der Waals surface area contributed by atoms with E-state index in [0.29, 0.717) is 0 Å². The van der Waals surface area contributed by atoms with Crippen molar-refractivity contribution in [2.45, 2.75) is 268 Å². The summed E-state index contributed by atoms with van der Waals surface area (Å²) in [6, 6.07) is 3.04. The van der Waals surface area contributed by atoms with Crippen LogP contribution >= 0.6 is 0 Å². The maximum Gasteiger partial charge on any atom is 0.305 e. The van der Waals surface area contributed by atoms with Crippen molar-refractivity contribution in [2.24, 2.45) is 5.92 Å². The number of aliphatic hydroxyl groups excluding tert-OH is 6. The topological polar surface area (TPSA) is 370 Å². The number of aromatic hydroxyl groups is 2. The Morgan fingerprint density at radius 2 is 1.29 bits per heavy atom. The summed E-state index contributed by atoms with van der Waals surface area (Å²) in [5.74, 6) is -5.31. The highest BCUT2D eigenvalue weighted by Gasteiger charge is 2.51. The lowest BCUT2D eigenvalue weighted by atomic mass is 9.75. The van der Waals surface area contributed by atoms with Gasteiger partial charge in [0.05, 0.1) is 65.9 Å². The average molecular weight is 1210 g/mol. The molecule has 5 unspecified atom stereocenters. The summed E-state index contributed by atoms with van der Waals surface area (Å²) in [4.78, 5) is 53.8. The minimum atomic E-state index is -1.95. The Balaban J connectivity index is 1.12. The monoisotopic (exact) mass is 1210 g/mol. The fraction of sp³-hybridized carbons (Fsp3) is 0.763. The molecule has 0 bridgehead atoms. The molecule has 4 aliphatic heterocycles. The number of hydrogen-bond acceptors (Lipinski definition) is 26. The highest BCUT2D eigenvalue weighted by molar-refractivity contribution is 6.11. The van der Waals surface area contributed by atoms with E-state index in [1.54, 1.807) is 41.5 Å². The number of benzene rings is 2. The number of methoxy groups -OCH3 is 1. The molecule has 4 saturated heterocycles. The van der Waals surface area contributed by atoms with Crippen LogP contribution in [0, 0.1) is 12.8 Å². The Morgan fingerprint density at radius 1 is 0.741 bits per heavy atom. The number of ether oxygens (including phenoxy) is 13. The molecule has 0 spiro atoms. The lowest BCUT2D eigenvalue weighted by Crippen LogP contribution is -2.58. The predicted molar refractivity (Wildman–Crippen MR) is 294 cm³/mol. The highest BCUT2D eigenvalue weighted by Crippen LogP contribution is 2.47. The third-order valence-electron chi connectivity index (χ3n) is 16.7. The average Bonchev–Trinajstić information content (AvgIpc) is 1.81. The van der Waals surface area contributed by atoms with Crippen molar-refractivity contribution < 1.29 is 127 Å². The first kappa shape index (κ1) is 68.2. The molecule has 4 fully saturated rings. The number of hydrogen-bond donors (Lipinski definition) is 9. The summed E-state index contributed by atoms with van der Waals surface area (Å²) in [5.41, 5.74) is -1.51. The molecule has 24 atom stereocenters. The van der Waals surface area contributed by atoms with Crippen molar-refractivity contribution in [3.8, 4) is 17.2 Å². The molecule has 85 heavy (non-hydrogen) atoms. The lowest BCUT2D eigenvalue weighted by Gasteiger charge is -2.46. The lowest BCUT2D eigenvalue weighted by molar-refractivity contribution is -0.334. The van der Waals surface area contributed by atoms with Gasteiger partial charge in [-0.15, -0.1) is 0 Å². The second-order valence-electron chi connectivity index (χ2n) is 23.2. The molecule has 7 rings (SSSR count). The molecule has 4 heterocycles. The van der Waals surface area contributed by atoms with Crippen molar-refractivity contribution in [1.29, 1.82) is 0 Å². The number of phenolic OH excluding ortho intramolecular Hbond substituents is 2. The number of Topliss-reactive ketones (excluding diaryl/α,β-unsaturated/α-hetero) is 2. The van der Waals surface area contributed by atoms with Crippen molar-refractivity contribution in [1.82, 2.24) is 0 Å². The molecule has 0 amide bonds. The molecular formula is C59H88O26. The van der Waals surface area contributed by atoms with E-state index >= 15 is 4.79 Å². The summed E-state index contributed by atoms with van der Waals surface area (Å²) in [5, 5.41) is 101. The Kier molecular flexibility index (Phi) is 23.2. The first-order valence-electron chi connectivity index (χ1n) is 29.4. The van der Waals surface area contributed by atoms with Gasteiger partial charge in [0.25, 0.3) is 0 Å². The zero-order valence-corrected chi connectivity index (χ0v) is 50.3. The molecule has 2 aromatic carbocycles. The summed E-state index contributed by atoms with van der Waals surface area (Å²) < 4.78 is 77.4. The van der Waals surface area contributed by atoms with Crippen LogP contribution in [-0.4, -0.2) is 224 Å². The van der Waals surface area contributed by atoms with Gasteiger partial charge in [0.15, 0.2) is 49.1 Å². The van der Waals surface area contributed by atoms with E-state index in [2.05, 4.69) is 0 Å². The number of aliphatic hydroxyl groups is 7. The zero-order chi connectivity index (χ0) is 62.7. The van der Waals surface area contributed by atoms with Crippen molar-refractivity contribution in [2.75, 3.05) is 13.7 Å². The molecule has 0 aromatic heterocycles. The van der Waals surface area contributed by atoms with Gasteiger partial charge in [-0.25, -0.2) is 0 Å². The maximum atomic E-state index is 15.2. The Bertz CT molecular complexity index is 2620. The smallest absolute Gasteiger partial charge is 0.305 e. The van der Waals surface area contributed by atoms with Gasteiger partial charge in [-0.2, -0.15) is 0 Å². The Labute approximate surface area is 493 Å². The van der Waals surface area contributed by atoms with E-state index in [-0.39, 0.29) is 91.2 Å². The molecule has 480 valence electrons. The normalized spacial score (nSPS) is 35.7. The van der Waals surface area contributed by atoms with Crippen LogP contribution < -0.4 is 4.74 Å². The number of rotatable bonds is 24. The van der Waals surface area contributed by atoms with Crippen molar-refractivity contribution in [3.05, 3.63) is 28.8 Å². The van der Waals surface area contributed by atoms with E-state index in [1.807, 2.05) is 0 Å². The first-order chi connectivity index (χ1) is 40.0. The third kappa shape index (κ3) is 15.6. The second kappa shape index (κ2) is 28.9. The summed E-state index contributed by atoms with van der Waals surface area (Å²) in [6.45, 7) is 16.9. The fourth-order valence-electron chi connectivity index (χ4n) is 11.5. The van der Waals surface area contributed by atoms with Crippen molar-refractivity contribution in [3.63, 3.8) is 0 Å². The quantitative estimate of drug-likeness (QED) is 0.0538. The Morgan fingerprint density at radius 3 is 1.87 bits per heavy atom. The highest BCUT2D eigenvalue weighted by atomic mass is 16.7. The van der Waals surface area contributed by atoms with Crippen LogP contribution in [0.25, 0.3) is 10.8 Å². The third-order valence-corrected chi connectivity index (χ3v) is 16.7. The van der Waals surface area contributed by atoms with Crippen LogP contribution in [-0.2, 0) is 77.6 Å². The molecular weight excluding hydrogens is 1120 g/mol. The number of ketones is 2. The van der Waals surface area contributed by atoms with Crippen molar-refractivity contribution >= 4 is 34.3 Å². The zero-order valence-electron chi connectivity index (χ0n) is 50.3. The van der Waals surface area contributed by atoms with Crippen LogP contribution in [0.15, 0.2) is 12.1 Å². The minimum absolute atomic E-state index is 0.0255. The van der Waals surface area contributed by atoms with Gasteiger partial charge in [0.1, 0.15) is 72.2 Å². The van der Waals surface area contributed by atoms with E-state index in [9.17, 15) is 60.3 Å². The first-order valence-corrected chi connectivity index (χ1v) is 29.4. The summed E-state index contributed by atoms with van der Waals surface area (Å²) in [7, 11) is 1.18. The van der Waals surface area contributed by atoms with E-state index < -0.39 is 182 Å². The SMILES string of the molecule is CCC(=O)O[C@H](C)[C@H](O)C(=O)[C@@H](OC)[C@@H]1Cc2cc3cc(O[C@@H](CC)OC(C)[C@@H](O)CO[C@H]4C[C@@H](OC(=O)CC)[C@H](O)C(C)O4)c(C)c(O)c3c(O)c2C(=O)[C@H]1O[C@H]1C[C@@H](O[C@H]2C[C@@H](O[C@H]3C[C@](C)(O)[C@H](O)C(C)O3)[C@@H](O)C(C)O2)[C@H](O)C(C)O1. The molecule has 0 radical (unpaired) electrons. The van der Waals surface area contributed by atoms with Gasteiger partial charge in [-0.1, -0.05) is 20.8 Å². The summed E-state index contributed by atoms with van der Waals surface area (Å²) in [6.07, 6.45) is -25.6. The van der Waals surface area contributed by atoms with Gasteiger partial charge >= 0.3 is 11.9 Å². The number of phenols is 2. The van der Waals surface area contributed by atoms with Crippen LogP contribution in [0.1, 0.15) is 136 Å². The molecule has 0 saturated carbocycles. The van der Waals surface area contributed by atoms with Crippen LogP contribution in [0.5, 0.6) is 17.2 Å². The molecule has 26 nitrogen and oxygen atoms in total. The molecule has 2 aromatic rings. The summed E-state index contributed by atoms with van der Waals surface area (Å²) >= 11 is 0. The van der Waals surface area contributed by atoms with Gasteiger partial charge in [-0.05, 0) is 84.9 Å². The molecule has 5 aliphatic rings. The van der Waals surface area contributed by atoms with Gasteiger partial charge in [0.2, 0.25) is 0 Å². The predicted octanol–water partition coefficient (Wildman–Crippen LogP) is 2.31. The molecule has 9 N–H and O–H groups in total. The van der Waals surface area contributed by atoms with Gasteiger partial charge in [-0.3, -0.25) is 19.2 Å². The van der Waals surface area contributed by atoms with Gasteiger partial charge < -0.3 is 108 Å². The fourth-order valence-corrected chi connectivity index (χ4v) is 11.5. The minimum Gasteiger partial charge on any atom is -0.507 e. The van der Waals surface area contributed by atoms with E-state index in [4.69, 9.17) is 61.6 Å². The number of carbonyl (C=O) groups is 4. The molecule has 1 aliphatic carbocycles. The molecule has 26 heteroatoms. The van der Waals surface area contributed by atoms with E-state index in [1.165, 1.54) is 53.9 Å². The van der Waals surface area contributed by atoms with E-state index in [0.717, 1.165) is 0 Å². The number of carbonyl (C=O) groups excluding carboxylic acids is 4. The Hall–Kier alpha value is -4.30. The largest absolute Gasteiger partial charge is 0.507 e. The number of fused-ring (bicyclic) bond motifs is 2. The standard InChI is InChI=1S/C59H88O26/c1-13-39(61)75-29(9)52(67)55(70)56(73-12)33-17-31-16-32-18-35(82-41(15-3)76-25(5)34(60)23-74-42-19-36(81-40(62)14-2)49(64)26(6)77-42)24(4)48(63)46(32)53(68)47(31)54(69)57(33)85-44-21-37(50(65)28(8)79-44)83-43-20-38(51(66)27(7)78-43)84-45-22-59(11,72)58(71)30(10)80-45/h16,18,25-30,33-34,36-38,41-45,49-52,56-58,60,63-68,71-72H,13-15,17,19-23H2,1-12H3/t25?,26?,27?,28?,29-,30?,33+,34+,36-,37-,38-,41+,42-,43+,44+,45+,49-,50-,51+,52+,56+,57+,58-,59+/m1/s1. The van der Waals surface area contributed by atoms with Crippen LogP contribution in [0.3, 0.4) is 0 Å². The van der Waals surface area contributed by atoms with Gasteiger partial charge in [0, 0.05) is 63.5 Å². The van der Waals surface area contributed by atoms with Crippen LogP contribution in [0.2, 0.25) is 0 Å². The van der Waals surface area contributed by atoms with Crippen LogP contribution in [0.4, 0.5) is 0 Å².